The summed E-state index contributed by atoms with van der Waals surface area (Å²) >= 11 is 3.24. The molecule has 2 rings (SSSR count). The van der Waals surface area contributed by atoms with Gasteiger partial charge in [0.2, 0.25) is 0 Å². The van der Waals surface area contributed by atoms with E-state index in [0.29, 0.717) is 22.8 Å². The molecule has 0 aliphatic carbocycles. The second kappa shape index (κ2) is 7.05. The Hall–Kier alpha value is -1.39. The number of hydrogen-bond donors (Lipinski definition) is 1. The van der Waals surface area contributed by atoms with E-state index in [1.807, 2.05) is 19.1 Å². The van der Waals surface area contributed by atoms with Gasteiger partial charge in [0.05, 0.1) is 0 Å². The van der Waals surface area contributed by atoms with Crippen molar-refractivity contribution in [3.63, 3.8) is 0 Å². The van der Waals surface area contributed by atoms with Crippen molar-refractivity contribution in [1.82, 2.24) is 5.32 Å². The highest BCUT2D eigenvalue weighted by atomic mass is 79.9. The molecule has 0 aliphatic rings. The summed E-state index contributed by atoms with van der Waals surface area (Å²) in [7, 11) is 0. The number of nitrogens with one attached hydrogen (secondary N) is 1. The molecule has 112 valence electrons. The minimum absolute atomic E-state index is 0.229. The third-order valence-corrected chi connectivity index (χ3v) is 3.52. The summed E-state index contributed by atoms with van der Waals surface area (Å²) in [5.74, 6) is 0.524. The first-order chi connectivity index (χ1) is 9.95. The highest BCUT2D eigenvalue weighted by molar-refractivity contribution is 9.10. The molecule has 2 aromatic carbocycles. The van der Waals surface area contributed by atoms with Crippen LogP contribution in [0.5, 0.6) is 11.5 Å². The molecule has 21 heavy (non-hydrogen) atoms. The topological polar surface area (TPSA) is 21.3 Å². The van der Waals surface area contributed by atoms with Crippen molar-refractivity contribution in [2.45, 2.75) is 33.4 Å². The zero-order chi connectivity index (χ0) is 15.4. The molecule has 1 N–H and O–H groups in total. The number of aryl methyl sites for hydroxylation is 1. The molecule has 0 saturated heterocycles. The SMILES string of the molecule is Cc1ccc(Oc2ccc(Br)cc2F)c(CNC(C)C)c1. The largest absolute Gasteiger partial charge is 0.454 e. The average Bonchev–Trinajstić information content (AvgIpc) is 2.41. The summed E-state index contributed by atoms with van der Waals surface area (Å²) in [5, 5.41) is 3.36. The van der Waals surface area contributed by atoms with Gasteiger partial charge >= 0.3 is 0 Å². The molecule has 0 heterocycles. The average molecular weight is 352 g/mol. The van der Waals surface area contributed by atoms with Gasteiger partial charge in [-0.3, -0.25) is 0 Å². The van der Waals surface area contributed by atoms with E-state index in [0.717, 1.165) is 11.1 Å². The van der Waals surface area contributed by atoms with Gasteiger partial charge in [0.1, 0.15) is 5.75 Å². The highest BCUT2D eigenvalue weighted by Crippen LogP contribution is 2.29. The fourth-order valence-corrected chi connectivity index (χ4v) is 2.27. The van der Waals surface area contributed by atoms with Gasteiger partial charge in [-0.1, -0.05) is 47.5 Å². The Balaban J connectivity index is 2.26. The van der Waals surface area contributed by atoms with Crippen LogP contribution in [0.3, 0.4) is 0 Å². The molecule has 0 fully saturated rings. The molecule has 2 nitrogen and oxygen atoms in total. The van der Waals surface area contributed by atoms with E-state index in [4.69, 9.17) is 4.74 Å². The molecule has 0 bridgehead atoms. The third kappa shape index (κ3) is 4.55. The predicted molar refractivity (Wildman–Crippen MR) is 87.3 cm³/mol. The quantitative estimate of drug-likeness (QED) is 0.800. The Morgan fingerprint density at radius 1 is 1.14 bits per heavy atom. The number of hydrogen-bond acceptors (Lipinski definition) is 2. The molecule has 0 radical (unpaired) electrons. The lowest BCUT2D eigenvalue weighted by Crippen LogP contribution is -2.22. The maximum atomic E-state index is 13.9. The van der Waals surface area contributed by atoms with Gasteiger partial charge in [-0.2, -0.15) is 0 Å². The molecule has 0 amide bonds. The van der Waals surface area contributed by atoms with Crippen molar-refractivity contribution >= 4 is 15.9 Å². The minimum atomic E-state index is -0.382. The monoisotopic (exact) mass is 351 g/mol. The maximum absolute atomic E-state index is 13.9. The van der Waals surface area contributed by atoms with E-state index < -0.39 is 0 Å². The Morgan fingerprint density at radius 2 is 1.86 bits per heavy atom. The van der Waals surface area contributed by atoms with E-state index in [1.54, 1.807) is 12.1 Å². The van der Waals surface area contributed by atoms with E-state index in [-0.39, 0.29) is 11.6 Å². The number of halogens is 2. The van der Waals surface area contributed by atoms with Crippen LogP contribution in [0.2, 0.25) is 0 Å². The number of ether oxygens (including phenoxy) is 1. The third-order valence-electron chi connectivity index (χ3n) is 3.03. The van der Waals surface area contributed by atoms with Crippen LogP contribution in [-0.4, -0.2) is 6.04 Å². The zero-order valence-corrected chi connectivity index (χ0v) is 14.0. The Bertz CT molecular complexity index is 628. The smallest absolute Gasteiger partial charge is 0.166 e. The van der Waals surface area contributed by atoms with E-state index in [2.05, 4.69) is 41.2 Å². The van der Waals surface area contributed by atoms with Gasteiger partial charge in [0.25, 0.3) is 0 Å². The summed E-state index contributed by atoms with van der Waals surface area (Å²) in [6.45, 7) is 6.89. The molecular formula is C17H19BrFNO. The molecule has 0 spiro atoms. The first-order valence-corrected chi connectivity index (χ1v) is 7.71. The molecule has 0 atom stereocenters. The zero-order valence-electron chi connectivity index (χ0n) is 12.4. The fourth-order valence-electron chi connectivity index (χ4n) is 1.94. The van der Waals surface area contributed by atoms with Crippen molar-refractivity contribution in [2.75, 3.05) is 0 Å². The normalized spacial score (nSPS) is 11.0. The van der Waals surface area contributed by atoms with Gasteiger partial charge in [-0.25, -0.2) is 4.39 Å². The summed E-state index contributed by atoms with van der Waals surface area (Å²) in [6.07, 6.45) is 0. The van der Waals surface area contributed by atoms with Crippen LogP contribution in [0.25, 0.3) is 0 Å². The van der Waals surface area contributed by atoms with Crippen molar-refractivity contribution in [1.29, 1.82) is 0 Å². The Labute approximate surface area is 133 Å². The lowest BCUT2D eigenvalue weighted by Gasteiger charge is -2.15. The van der Waals surface area contributed by atoms with E-state index in [1.165, 1.54) is 6.07 Å². The van der Waals surface area contributed by atoms with Gasteiger partial charge < -0.3 is 10.1 Å². The molecule has 0 aliphatic heterocycles. The van der Waals surface area contributed by atoms with Crippen LogP contribution in [0.4, 0.5) is 4.39 Å². The molecular weight excluding hydrogens is 333 g/mol. The van der Waals surface area contributed by atoms with Crippen LogP contribution in [0.1, 0.15) is 25.0 Å². The van der Waals surface area contributed by atoms with Crippen LogP contribution < -0.4 is 10.1 Å². The Morgan fingerprint density at radius 3 is 2.52 bits per heavy atom. The number of rotatable bonds is 5. The number of benzene rings is 2. The van der Waals surface area contributed by atoms with Gasteiger partial charge in [-0.15, -0.1) is 0 Å². The first-order valence-electron chi connectivity index (χ1n) is 6.91. The van der Waals surface area contributed by atoms with E-state index >= 15 is 0 Å². The summed E-state index contributed by atoms with van der Waals surface area (Å²) < 4.78 is 20.3. The van der Waals surface area contributed by atoms with Crippen molar-refractivity contribution in [3.05, 3.63) is 57.8 Å². The molecule has 2 aromatic rings. The molecule has 0 unspecified atom stereocenters. The molecule has 0 aromatic heterocycles. The predicted octanol–water partition coefficient (Wildman–Crippen LogP) is 5.19. The van der Waals surface area contributed by atoms with Crippen molar-refractivity contribution in [2.24, 2.45) is 0 Å². The van der Waals surface area contributed by atoms with Crippen molar-refractivity contribution in [3.8, 4) is 11.5 Å². The second-order valence-corrected chi connectivity index (χ2v) is 6.24. The fraction of sp³-hybridized carbons (Fsp3) is 0.294. The minimum Gasteiger partial charge on any atom is -0.454 e. The highest BCUT2D eigenvalue weighted by Gasteiger charge is 2.10. The first kappa shape index (κ1) is 16.0. The van der Waals surface area contributed by atoms with Crippen LogP contribution >= 0.6 is 15.9 Å². The van der Waals surface area contributed by atoms with E-state index in [9.17, 15) is 4.39 Å². The summed E-state index contributed by atoms with van der Waals surface area (Å²) in [6, 6.07) is 11.1. The van der Waals surface area contributed by atoms with Gasteiger partial charge in [0.15, 0.2) is 11.6 Å². The van der Waals surface area contributed by atoms with Crippen LogP contribution in [0.15, 0.2) is 40.9 Å². The molecule has 4 heteroatoms. The summed E-state index contributed by atoms with van der Waals surface area (Å²) in [5.41, 5.74) is 2.17. The van der Waals surface area contributed by atoms with Gasteiger partial charge in [0, 0.05) is 22.6 Å². The van der Waals surface area contributed by atoms with Gasteiger partial charge in [-0.05, 0) is 31.2 Å². The van der Waals surface area contributed by atoms with Crippen molar-refractivity contribution < 1.29 is 9.13 Å². The molecule has 0 saturated carbocycles. The lowest BCUT2D eigenvalue weighted by atomic mass is 10.1. The van der Waals surface area contributed by atoms with Crippen LogP contribution in [0, 0.1) is 12.7 Å². The van der Waals surface area contributed by atoms with Crippen LogP contribution in [-0.2, 0) is 6.54 Å². The standard InChI is InChI=1S/C17H19BrFNO/c1-11(2)20-10-13-8-12(3)4-6-16(13)21-17-7-5-14(18)9-15(17)19/h4-9,11,20H,10H2,1-3H3. The Kier molecular flexibility index (Phi) is 5.37. The lowest BCUT2D eigenvalue weighted by molar-refractivity contribution is 0.434. The summed E-state index contributed by atoms with van der Waals surface area (Å²) in [4.78, 5) is 0. The maximum Gasteiger partial charge on any atom is 0.166 e. The second-order valence-electron chi connectivity index (χ2n) is 5.32.